The highest BCUT2D eigenvalue weighted by Gasteiger charge is 2.17. The van der Waals surface area contributed by atoms with Crippen LogP contribution in [0.5, 0.6) is 0 Å². The summed E-state index contributed by atoms with van der Waals surface area (Å²) in [5.41, 5.74) is 3.38. The minimum absolute atomic E-state index is 0. The Morgan fingerprint density at radius 3 is 2.12 bits per heavy atom. The average molecular weight is 357 g/mol. The summed E-state index contributed by atoms with van der Waals surface area (Å²) in [6.07, 6.45) is 6.62. The van der Waals surface area contributed by atoms with Gasteiger partial charge in [0.2, 0.25) is 8.30 Å². The summed E-state index contributed by atoms with van der Waals surface area (Å²) in [5, 5.41) is 3.10. The molecule has 1 unspecified atom stereocenters. The number of carbonyl (C=O) groups excluding carboxylic acids is 1. The molecule has 5 nitrogen and oxygen atoms in total. The van der Waals surface area contributed by atoms with Gasteiger partial charge in [0, 0.05) is 7.11 Å². The van der Waals surface area contributed by atoms with E-state index in [1.165, 1.54) is 6.42 Å². The summed E-state index contributed by atoms with van der Waals surface area (Å²) in [7, 11) is -1.12. The third-order valence-electron chi connectivity index (χ3n) is 2.13. The maximum Gasteiger partial charge on any atom is 0.338 e. The van der Waals surface area contributed by atoms with Crippen molar-refractivity contribution in [2.24, 2.45) is 0 Å². The molecule has 1 rings (SSSR count). The standard InChI is InChI=1S/C15H20NO3P.C3H8.H2O.H2/c1-6-18-20(7-2)16-13-10-8-12(9-11-13)14(17)19-15(3,4)5;1-3-2;;/h2,8-11,16H,6H2,1,3-5H3;3H2,1-2H3;1H2;1H. The largest absolute Gasteiger partial charge is 0.456 e. The highest BCUT2D eigenvalue weighted by atomic mass is 31.2. The summed E-state index contributed by atoms with van der Waals surface area (Å²) in [4.78, 5) is 11.9. The molecule has 6 heteroatoms. The number of hydrogen-bond donors (Lipinski definition) is 1. The van der Waals surface area contributed by atoms with Gasteiger partial charge in [-0.15, -0.1) is 6.42 Å². The van der Waals surface area contributed by atoms with Crippen LogP contribution in [0.4, 0.5) is 5.69 Å². The second-order valence-electron chi connectivity index (χ2n) is 5.74. The molecule has 0 bridgehead atoms. The van der Waals surface area contributed by atoms with E-state index in [1.54, 1.807) is 24.3 Å². The third-order valence-corrected chi connectivity index (χ3v) is 3.34. The Balaban J connectivity index is -0.000000900. The van der Waals surface area contributed by atoms with E-state index in [0.717, 1.165) is 5.69 Å². The number of nitrogens with one attached hydrogen (secondary N) is 1. The molecule has 0 spiro atoms. The van der Waals surface area contributed by atoms with Gasteiger partial charge < -0.3 is 19.8 Å². The summed E-state index contributed by atoms with van der Waals surface area (Å²) in [6, 6.07) is 6.97. The molecule has 0 aromatic heterocycles. The predicted molar refractivity (Wildman–Crippen MR) is 104 cm³/mol. The minimum Gasteiger partial charge on any atom is -0.456 e. The van der Waals surface area contributed by atoms with Crippen molar-refractivity contribution in [3.63, 3.8) is 0 Å². The van der Waals surface area contributed by atoms with Crippen LogP contribution in [-0.4, -0.2) is 23.7 Å². The molecule has 0 radical (unpaired) electrons. The Labute approximate surface area is 148 Å². The lowest BCUT2D eigenvalue weighted by Crippen LogP contribution is -2.23. The van der Waals surface area contributed by atoms with Crippen LogP contribution in [0.1, 0.15) is 59.7 Å². The zero-order chi connectivity index (χ0) is 17.9. The van der Waals surface area contributed by atoms with Crippen LogP contribution in [0.15, 0.2) is 24.3 Å². The average Bonchev–Trinajstić information content (AvgIpc) is 2.46. The molecule has 0 fully saturated rings. The SMILES string of the molecule is C#CP(Nc1ccc(C(=O)OC(C)(C)C)cc1)OCC.CCC.O.[HH]. The fourth-order valence-corrected chi connectivity index (χ4v) is 2.21. The van der Waals surface area contributed by atoms with E-state index in [4.69, 9.17) is 15.7 Å². The van der Waals surface area contributed by atoms with Crippen LogP contribution in [0.25, 0.3) is 0 Å². The number of anilines is 1. The molecule has 0 aliphatic heterocycles. The van der Waals surface area contributed by atoms with E-state index >= 15 is 0 Å². The van der Waals surface area contributed by atoms with Crippen molar-refractivity contribution in [2.45, 2.75) is 53.6 Å². The first-order valence-corrected chi connectivity index (χ1v) is 9.02. The summed E-state index contributed by atoms with van der Waals surface area (Å²) >= 11 is 0. The molecular formula is C18H32NO4P. The zero-order valence-electron chi connectivity index (χ0n) is 15.5. The molecule has 0 amide bonds. The molecule has 138 valence electrons. The van der Waals surface area contributed by atoms with Gasteiger partial charge in [0.25, 0.3) is 0 Å². The van der Waals surface area contributed by atoms with E-state index in [2.05, 4.69) is 24.6 Å². The first-order chi connectivity index (χ1) is 10.8. The first-order valence-electron chi connectivity index (χ1n) is 7.76. The number of carbonyl (C=O) groups is 1. The molecule has 1 atom stereocenters. The fraction of sp³-hybridized carbons (Fsp3) is 0.500. The zero-order valence-corrected chi connectivity index (χ0v) is 16.4. The maximum absolute atomic E-state index is 11.9. The second-order valence-corrected chi connectivity index (χ2v) is 7.07. The Kier molecular flexibility index (Phi) is 13.1. The number of hydrogen-bond acceptors (Lipinski definition) is 4. The van der Waals surface area contributed by atoms with Crippen LogP contribution in [0, 0.1) is 12.1 Å². The van der Waals surface area contributed by atoms with Crippen molar-refractivity contribution < 1.29 is 21.0 Å². The van der Waals surface area contributed by atoms with Crippen molar-refractivity contribution in [1.82, 2.24) is 0 Å². The molecule has 0 aliphatic carbocycles. The van der Waals surface area contributed by atoms with Crippen molar-refractivity contribution in [1.29, 1.82) is 0 Å². The van der Waals surface area contributed by atoms with Gasteiger partial charge in [-0.2, -0.15) is 0 Å². The molecule has 0 saturated carbocycles. The molecule has 3 N–H and O–H groups in total. The van der Waals surface area contributed by atoms with Gasteiger partial charge in [0.1, 0.15) is 5.60 Å². The van der Waals surface area contributed by atoms with Crippen molar-refractivity contribution in [3.05, 3.63) is 29.8 Å². The van der Waals surface area contributed by atoms with Gasteiger partial charge in [-0.05, 0) is 57.6 Å². The fourth-order valence-electron chi connectivity index (χ4n) is 1.37. The summed E-state index contributed by atoms with van der Waals surface area (Å²) in [6.45, 7) is 12.2. The second kappa shape index (κ2) is 12.8. The predicted octanol–water partition coefficient (Wildman–Crippen LogP) is 4.83. The molecule has 0 aliphatic rings. The molecule has 24 heavy (non-hydrogen) atoms. The summed E-state index contributed by atoms with van der Waals surface area (Å²) < 4.78 is 10.7. The van der Waals surface area contributed by atoms with Crippen LogP contribution in [0.2, 0.25) is 0 Å². The lowest BCUT2D eigenvalue weighted by molar-refractivity contribution is 0.00695. The number of rotatable bonds is 5. The van der Waals surface area contributed by atoms with Gasteiger partial charge in [0.15, 0.2) is 0 Å². The highest BCUT2D eigenvalue weighted by molar-refractivity contribution is 7.59. The number of ether oxygens (including phenoxy) is 1. The van der Waals surface area contributed by atoms with Crippen LogP contribution >= 0.6 is 8.30 Å². The van der Waals surface area contributed by atoms with Crippen LogP contribution in [0.3, 0.4) is 0 Å². The monoisotopic (exact) mass is 357 g/mol. The van der Waals surface area contributed by atoms with Crippen LogP contribution in [-0.2, 0) is 9.26 Å². The van der Waals surface area contributed by atoms with E-state index in [0.29, 0.717) is 12.2 Å². The van der Waals surface area contributed by atoms with Crippen molar-refractivity contribution in [2.75, 3.05) is 11.7 Å². The van der Waals surface area contributed by atoms with E-state index < -0.39 is 13.9 Å². The highest BCUT2D eigenvalue weighted by Crippen LogP contribution is 2.35. The Hall–Kier alpha value is -1.60. The summed E-state index contributed by atoms with van der Waals surface area (Å²) in [5.74, 6) is -0.340. The van der Waals surface area contributed by atoms with E-state index in [9.17, 15) is 4.79 Å². The molecule has 1 aromatic carbocycles. The van der Waals surface area contributed by atoms with Crippen molar-refractivity contribution in [3.8, 4) is 12.1 Å². The Morgan fingerprint density at radius 2 is 1.75 bits per heavy atom. The van der Waals surface area contributed by atoms with E-state index in [-0.39, 0.29) is 12.9 Å². The minimum atomic E-state index is -1.12. The third kappa shape index (κ3) is 11.0. The smallest absolute Gasteiger partial charge is 0.338 e. The molecule has 1 aromatic rings. The topological polar surface area (TPSA) is 79.1 Å². The van der Waals surface area contributed by atoms with Crippen LogP contribution < -0.4 is 5.09 Å². The van der Waals surface area contributed by atoms with Gasteiger partial charge in [-0.25, -0.2) is 4.79 Å². The number of terminal acetylenes is 1. The number of benzene rings is 1. The Morgan fingerprint density at radius 1 is 1.25 bits per heavy atom. The van der Waals surface area contributed by atoms with Gasteiger partial charge in [-0.1, -0.05) is 20.3 Å². The molecule has 0 saturated heterocycles. The van der Waals surface area contributed by atoms with Crippen molar-refractivity contribution >= 4 is 20.0 Å². The first kappa shape index (κ1) is 24.6. The lowest BCUT2D eigenvalue weighted by Gasteiger charge is -2.19. The maximum atomic E-state index is 11.9. The van der Waals surface area contributed by atoms with Gasteiger partial charge >= 0.3 is 5.97 Å². The molecular weight excluding hydrogens is 325 g/mol. The number of esters is 1. The Bertz CT molecular complexity index is 509. The quantitative estimate of drug-likeness (QED) is 0.465. The normalized spacial score (nSPS) is 11.0. The van der Waals surface area contributed by atoms with E-state index in [1.807, 2.05) is 27.7 Å². The van der Waals surface area contributed by atoms with Gasteiger partial charge in [0.05, 0.1) is 12.2 Å². The van der Waals surface area contributed by atoms with Gasteiger partial charge in [-0.3, -0.25) is 0 Å². The molecule has 0 heterocycles. The lowest BCUT2D eigenvalue weighted by atomic mass is 10.1.